The molecule has 2 aliphatic heterocycles. The van der Waals surface area contributed by atoms with Crippen LogP contribution in [0.3, 0.4) is 0 Å². The SMILES string of the molecule is CN1CCC23c4c5ccc(O)c4OC2[C@@]2(O)C=C[C@@]3(C[C@@H]2C(O)(C(F)(F)F)C(F)(F)F)C1C5. The van der Waals surface area contributed by atoms with Crippen LogP contribution < -0.4 is 4.74 Å². The second-order valence-electron chi connectivity index (χ2n) is 10.1. The summed E-state index contributed by atoms with van der Waals surface area (Å²) in [5.41, 5.74) is -8.97. The number of hydrogen-bond acceptors (Lipinski definition) is 5. The summed E-state index contributed by atoms with van der Waals surface area (Å²) in [4.78, 5) is 1.91. The molecule has 4 aliphatic carbocycles. The number of phenols is 1. The molecule has 1 aromatic rings. The molecule has 2 fully saturated rings. The third-order valence-electron chi connectivity index (χ3n) is 9.12. The number of rotatable bonds is 1. The summed E-state index contributed by atoms with van der Waals surface area (Å²) in [5.74, 6) is -2.94. The molecule has 2 spiro atoms. The molecule has 1 saturated heterocycles. The highest BCUT2D eigenvalue weighted by Gasteiger charge is 2.86. The summed E-state index contributed by atoms with van der Waals surface area (Å²) in [6, 6.07) is 2.60. The molecule has 11 heteroatoms. The topological polar surface area (TPSA) is 73.2 Å². The number of ether oxygens (including phenoxy) is 1. The average molecular weight is 477 g/mol. The lowest BCUT2D eigenvalue weighted by molar-refractivity contribution is -0.408. The second kappa shape index (κ2) is 5.63. The summed E-state index contributed by atoms with van der Waals surface area (Å²) in [6.45, 7) is 0.484. The number of hydrogen-bond donors (Lipinski definition) is 3. The minimum absolute atomic E-state index is 0.00443. The van der Waals surface area contributed by atoms with Gasteiger partial charge in [0.15, 0.2) is 11.5 Å². The molecule has 5 nitrogen and oxygen atoms in total. The fourth-order valence-electron chi connectivity index (χ4n) is 7.79. The Hall–Kier alpha value is -1.98. The predicted molar refractivity (Wildman–Crippen MR) is 101 cm³/mol. The van der Waals surface area contributed by atoms with E-state index < -0.39 is 58.9 Å². The third-order valence-corrected chi connectivity index (χ3v) is 9.12. The smallest absolute Gasteiger partial charge is 0.426 e. The van der Waals surface area contributed by atoms with E-state index in [2.05, 4.69) is 0 Å². The van der Waals surface area contributed by atoms with Gasteiger partial charge in [-0.2, -0.15) is 26.3 Å². The number of likely N-dealkylation sites (tertiary alicyclic amines) is 1. The van der Waals surface area contributed by atoms with E-state index >= 15 is 0 Å². The zero-order valence-corrected chi connectivity index (χ0v) is 17.3. The number of aliphatic hydroxyl groups is 2. The standard InChI is InChI=1S/C22H21F6NO4/c1-29-7-6-18-14-10-2-3-11(30)15(14)33-16(18)19(31)5-4-17(18,13(29)8-10)9-12(19)20(32,21(23,24)25)22(26,27)28/h2-5,12-13,16,30-32H,6-9H2,1H3/t12-,13?,16?,17+,18?,19+/m0/s1. The van der Waals surface area contributed by atoms with Crippen LogP contribution >= 0.6 is 0 Å². The summed E-state index contributed by atoms with van der Waals surface area (Å²) in [7, 11) is 1.77. The first-order chi connectivity index (χ1) is 15.2. The number of nitrogens with zero attached hydrogens (tertiary/aromatic N) is 1. The number of halogens is 6. The van der Waals surface area contributed by atoms with Crippen molar-refractivity contribution in [1.29, 1.82) is 0 Å². The highest BCUT2D eigenvalue weighted by Crippen LogP contribution is 2.76. The summed E-state index contributed by atoms with van der Waals surface area (Å²) in [5, 5.41) is 32.5. The van der Waals surface area contributed by atoms with Crippen LogP contribution in [0.4, 0.5) is 26.3 Å². The number of fused-ring (bicyclic) bond motifs is 1. The molecule has 3 N–H and O–H groups in total. The predicted octanol–water partition coefficient (Wildman–Crippen LogP) is 2.81. The van der Waals surface area contributed by atoms with Crippen LogP contribution in [0.25, 0.3) is 0 Å². The molecule has 2 heterocycles. The van der Waals surface area contributed by atoms with E-state index in [0.717, 1.165) is 11.6 Å². The van der Waals surface area contributed by atoms with Gasteiger partial charge in [-0.15, -0.1) is 0 Å². The van der Waals surface area contributed by atoms with Crippen molar-refractivity contribution in [2.75, 3.05) is 13.6 Å². The molecule has 1 aromatic carbocycles. The van der Waals surface area contributed by atoms with Gasteiger partial charge in [0.25, 0.3) is 5.60 Å². The maximum Gasteiger partial charge on any atom is 0.426 e. The fraction of sp³-hybridized carbons (Fsp3) is 0.636. The van der Waals surface area contributed by atoms with Gasteiger partial charge >= 0.3 is 12.4 Å². The van der Waals surface area contributed by atoms with Crippen LogP contribution in [0, 0.1) is 11.3 Å². The maximum atomic E-state index is 14.0. The molecule has 1 saturated carbocycles. The minimum Gasteiger partial charge on any atom is -0.504 e. The van der Waals surface area contributed by atoms with E-state index in [9.17, 15) is 41.7 Å². The first-order valence-corrected chi connectivity index (χ1v) is 10.7. The van der Waals surface area contributed by atoms with Crippen molar-refractivity contribution in [2.24, 2.45) is 11.3 Å². The van der Waals surface area contributed by atoms with Crippen molar-refractivity contribution in [2.45, 2.75) is 60.4 Å². The van der Waals surface area contributed by atoms with Gasteiger partial charge in [0.05, 0.1) is 5.41 Å². The molecule has 6 aliphatic rings. The zero-order valence-electron chi connectivity index (χ0n) is 17.3. The fourth-order valence-corrected chi connectivity index (χ4v) is 7.79. The van der Waals surface area contributed by atoms with Crippen LogP contribution in [-0.4, -0.2) is 69.5 Å². The Morgan fingerprint density at radius 3 is 2.39 bits per heavy atom. The molecule has 6 atom stereocenters. The van der Waals surface area contributed by atoms with Crippen molar-refractivity contribution < 1.29 is 46.4 Å². The Morgan fingerprint density at radius 2 is 1.76 bits per heavy atom. The second-order valence-corrected chi connectivity index (χ2v) is 10.1. The van der Waals surface area contributed by atoms with Crippen molar-refractivity contribution in [3.63, 3.8) is 0 Å². The Morgan fingerprint density at radius 1 is 1.09 bits per heavy atom. The number of piperidine rings is 1. The summed E-state index contributed by atoms with van der Waals surface area (Å²) >= 11 is 0. The van der Waals surface area contributed by atoms with Gasteiger partial charge in [-0.25, -0.2) is 0 Å². The first kappa shape index (κ1) is 21.5. The van der Waals surface area contributed by atoms with Crippen LogP contribution in [0.15, 0.2) is 24.3 Å². The van der Waals surface area contributed by atoms with Crippen LogP contribution in [0.2, 0.25) is 0 Å². The van der Waals surface area contributed by atoms with Crippen molar-refractivity contribution in [3.05, 3.63) is 35.4 Å². The Balaban J connectivity index is 1.66. The van der Waals surface area contributed by atoms with Gasteiger partial charge in [0.1, 0.15) is 11.7 Å². The molecule has 0 amide bonds. The van der Waals surface area contributed by atoms with E-state index in [1.807, 2.05) is 4.90 Å². The Labute approximate surface area is 184 Å². The van der Waals surface area contributed by atoms with E-state index in [0.29, 0.717) is 24.9 Å². The molecule has 4 bridgehead atoms. The normalized spacial score (nSPS) is 41.2. The van der Waals surface area contributed by atoms with E-state index in [1.54, 1.807) is 19.2 Å². The van der Waals surface area contributed by atoms with E-state index in [1.165, 1.54) is 6.07 Å². The van der Waals surface area contributed by atoms with Gasteiger partial charge in [-0.1, -0.05) is 18.2 Å². The summed E-state index contributed by atoms with van der Waals surface area (Å²) in [6.07, 6.45) is -11.3. The number of alkyl halides is 6. The Kier molecular flexibility index (Phi) is 3.68. The lowest BCUT2D eigenvalue weighted by atomic mass is 9.36. The molecule has 180 valence electrons. The van der Waals surface area contributed by atoms with E-state index in [-0.39, 0.29) is 11.5 Å². The average Bonchev–Trinajstić information content (AvgIpc) is 3.08. The minimum atomic E-state index is -6.09. The number of phenolic OH excluding ortho intramolecular Hbond substituents is 1. The molecule has 0 aromatic heterocycles. The lowest BCUT2D eigenvalue weighted by Gasteiger charge is -2.71. The monoisotopic (exact) mass is 477 g/mol. The van der Waals surface area contributed by atoms with Gasteiger partial charge in [0, 0.05) is 22.9 Å². The van der Waals surface area contributed by atoms with Crippen LogP contribution in [0.1, 0.15) is 24.0 Å². The molecule has 0 radical (unpaired) electrons. The molecule has 7 rings (SSSR count). The lowest BCUT2D eigenvalue weighted by Crippen LogP contribution is -2.82. The first-order valence-electron chi connectivity index (χ1n) is 10.7. The molecule has 33 heavy (non-hydrogen) atoms. The number of benzene rings is 1. The van der Waals surface area contributed by atoms with Crippen molar-refractivity contribution >= 4 is 0 Å². The van der Waals surface area contributed by atoms with Crippen molar-refractivity contribution in [3.8, 4) is 11.5 Å². The zero-order chi connectivity index (χ0) is 24.0. The third kappa shape index (κ3) is 2.02. The Bertz CT molecular complexity index is 1090. The van der Waals surface area contributed by atoms with Gasteiger partial charge in [-0.05, 0) is 44.5 Å². The quantitative estimate of drug-likeness (QED) is 0.429. The van der Waals surface area contributed by atoms with E-state index in [4.69, 9.17) is 4.74 Å². The number of aromatic hydroxyl groups is 1. The largest absolute Gasteiger partial charge is 0.504 e. The van der Waals surface area contributed by atoms with Gasteiger partial charge < -0.3 is 25.0 Å². The molecule has 3 unspecified atom stereocenters. The van der Waals surface area contributed by atoms with Gasteiger partial charge in [-0.3, -0.25) is 0 Å². The van der Waals surface area contributed by atoms with Crippen molar-refractivity contribution in [1.82, 2.24) is 4.90 Å². The number of likely N-dealkylation sites (N-methyl/N-ethyl adjacent to an activating group) is 1. The highest BCUT2D eigenvalue weighted by atomic mass is 19.4. The maximum absolute atomic E-state index is 14.0. The summed E-state index contributed by atoms with van der Waals surface area (Å²) < 4.78 is 89.7. The van der Waals surface area contributed by atoms with Crippen LogP contribution in [0.5, 0.6) is 11.5 Å². The molecular weight excluding hydrogens is 456 g/mol. The van der Waals surface area contributed by atoms with Crippen LogP contribution in [-0.2, 0) is 11.8 Å². The van der Waals surface area contributed by atoms with Gasteiger partial charge in [0.2, 0.25) is 0 Å². The molecular formula is C22H21F6NO4. The highest BCUT2D eigenvalue weighted by molar-refractivity contribution is 5.65.